The number of carbonyl (C=O) groups excluding carboxylic acids is 1. The van der Waals surface area contributed by atoms with Crippen molar-refractivity contribution in [2.24, 2.45) is 5.41 Å². The Labute approximate surface area is 109 Å². The van der Waals surface area contributed by atoms with Crippen LogP contribution in [-0.2, 0) is 14.3 Å². The van der Waals surface area contributed by atoms with Crippen molar-refractivity contribution in [2.45, 2.75) is 46.5 Å². The topological polar surface area (TPSA) is 75.6 Å². The van der Waals surface area contributed by atoms with Crippen molar-refractivity contribution >= 4 is 11.9 Å². The minimum atomic E-state index is -0.852. The molecule has 2 N–H and O–H groups in total. The predicted octanol–water partition coefficient (Wildman–Crippen LogP) is 1.81. The first-order chi connectivity index (χ1) is 8.52. The minimum absolute atomic E-state index is 0.154. The summed E-state index contributed by atoms with van der Waals surface area (Å²) in [6, 6.07) is 0. The van der Waals surface area contributed by atoms with Gasteiger partial charge in [-0.2, -0.15) is 0 Å². The molecule has 0 radical (unpaired) electrons. The van der Waals surface area contributed by atoms with Gasteiger partial charge in [0.25, 0.3) is 0 Å². The highest BCUT2D eigenvalue weighted by atomic mass is 16.5. The molecule has 0 heterocycles. The smallest absolute Gasteiger partial charge is 0.311 e. The third kappa shape index (κ3) is 5.49. The Bertz CT molecular complexity index is 262. The minimum Gasteiger partial charge on any atom is -0.481 e. The summed E-state index contributed by atoms with van der Waals surface area (Å²) in [5.41, 5.74) is -0.847. The van der Waals surface area contributed by atoms with E-state index >= 15 is 0 Å². The van der Waals surface area contributed by atoms with E-state index in [-0.39, 0.29) is 18.9 Å². The van der Waals surface area contributed by atoms with Crippen molar-refractivity contribution in [1.29, 1.82) is 0 Å². The molecule has 0 saturated carbocycles. The van der Waals surface area contributed by atoms with Gasteiger partial charge in [0.2, 0.25) is 5.91 Å². The second-order valence-electron chi connectivity index (χ2n) is 4.43. The molecular formula is C13H25NO4. The van der Waals surface area contributed by atoms with Gasteiger partial charge in [0.1, 0.15) is 0 Å². The molecule has 0 rings (SSSR count). The van der Waals surface area contributed by atoms with E-state index in [1.165, 1.54) is 0 Å². The molecule has 0 aromatic carbocycles. The fourth-order valence-corrected chi connectivity index (χ4v) is 1.65. The Morgan fingerprint density at radius 2 is 1.78 bits per heavy atom. The summed E-state index contributed by atoms with van der Waals surface area (Å²) in [7, 11) is 0. The van der Waals surface area contributed by atoms with E-state index in [0.717, 1.165) is 6.42 Å². The first-order valence-corrected chi connectivity index (χ1v) is 6.60. The number of nitrogens with one attached hydrogen (secondary N) is 1. The number of aliphatic carboxylic acids is 1. The molecule has 5 nitrogen and oxygen atoms in total. The molecule has 0 aliphatic carbocycles. The van der Waals surface area contributed by atoms with Crippen molar-refractivity contribution in [3.8, 4) is 0 Å². The quantitative estimate of drug-likeness (QED) is 0.587. The lowest BCUT2D eigenvalue weighted by molar-refractivity contribution is -0.149. The van der Waals surface area contributed by atoms with Crippen LogP contribution in [0.25, 0.3) is 0 Å². The number of ether oxygens (including phenoxy) is 1. The van der Waals surface area contributed by atoms with Crippen LogP contribution in [-0.4, -0.2) is 36.7 Å². The van der Waals surface area contributed by atoms with Gasteiger partial charge in [0.15, 0.2) is 0 Å². The van der Waals surface area contributed by atoms with Crippen LogP contribution in [0.15, 0.2) is 0 Å². The Hall–Kier alpha value is -1.10. The second kappa shape index (κ2) is 8.91. The van der Waals surface area contributed by atoms with Gasteiger partial charge in [-0.25, -0.2) is 0 Å². The highest BCUT2D eigenvalue weighted by Crippen LogP contribution is 2.25. The number of rotatable bonds is 10. The van der Waals surface area contributed by atoms with Gasteiger partial charge in [-0.05, 0) is 19.3 Å². The highest BCUT2D eigenvalue weighted by molar-refractivity contribution is 5.79. The average molecular weight is 259 g/mol. The number of carbonyl (C=O) groups is 2. The Morgan fingerprint density at radius 3 is 2.22 bits per heavy atom. The molecule has 0 bridgehead atoms. The van der Waals surface area contributed by atoms with Crippen molar-refractivity contribution in [3.05, 3.63) is 0 Å². The van der Waals surface area contributed by atoms with Crippen molar-refractivity contribution in [1.82, 2.24) is 5.32 Å². The van der Waals surface area contributed by atoms with E-state index in [1.807, 2.05) is 20.8 Å². The molecule has 0 spiro atoms. The number of carboxylic acids is 1. The third-order valence-electron chi connectivity index (χ3n) is 3.25. The van der Waals surface area contributed by atoms with Gasteiger partial charge in [0, 0.05) is 19.6 Å². The van der Waals surface area contributed by atoms with Crippen molar-refractivity contribution in [2.75, 3.05) is 19.8 Å². The second-order valence-corrected chi connectivity index (χ2v) is 4.43. The predicted molar refractivity (Wildman–Crippen MR) is 69.4 cm³/mol. The number of hydrogen-bond donors (Lipinski definition) is 2. The summed E-state index contributed by atoms with van der Waals surface area (Å²) in [5.74, 6) is -1.01. The molecule has 0 saturated heterocycles. The van der Waals surface area contributed by atoms with Gasteiger partial charge >= 0.3 is 5.97 Å². The summed E-state index contributed by atoms with van der Waals surface area (Å²) in [6.45, 7) is 6.88. The molecule has 0 atom stereocenters. The first-order valence-electron chi connectivity index (χ1n) is 6.60. The molecule has 18 heavy (non-hydrogen) atoms. The van der Waals surface area contributed by atoms with E-state index in [9.17, 15) is 14.7 Å². The molecule has 106 valence electrons. The Kier molecular flexibility index (Phi) is 8.37. The zero-order valence-corrected chi connectivity index (χ0v) is 11.6. The van der Waals surface area contributed by atoms with Crippen LogP contribution in [0.4, 0.5) is 0 Å². The van der Waals surface area contributed by atoms with Gasteiger partial charge in [-0.1, -0.05) is 20.8 Å². The third-order valence-corrected chi connectivity index (χ3v) is 3.25. The van der Waals surface area contributed by atoms with Gasteiger partial charge in [0.05, 0.1) is 12.0 Å². The molecule has 0 fully saturated rings. The van der Waals surface area contributed by atoms with Crippen molar-refractivity contribution < 1.29 is 19.4 Å². The molecule has 0 aliphatic heterocycles. The molecule has 0 aromatic rings. The van der Waals surface area contributed by atoms with E-state index < -0.39 is 11.4 Å². The molecule has 0 unspecified atom stereocenters. The summed E-state index contributed by atoms with van der Waals surface area (Å²) < 4.78 is 5.21. The number of hydrogen-bond acceptors (Lipinski definition) is 3. The molecule has 1 amide bonds. The molecule has 5 heteroatoms. The summed E-state index contributed by atoms with van der Waals surface area (Å²) in [6.07, 6.45) is 2.22. The van der Waals surface area contributed by atoms with Crippen LogP contribution in [0.5, 0.6) is 0 Å². The number of carboxylic acid groups (broad SMARTS) is 1. The summed E-state index contributed by atoms with van der Waals surface area (Å²) >= 11 is 0. The maximum absolute atomic E-state index is 11.5. The monoisotopic (exact) mass is 259 g/mol. The number of amides is 1. The fraction of sp³-hybridized carbons (Fsp3) is 0.846. The standard InChI is InChI=1S/C13H25NO4/c1-4-8-18-9-7-11(15)14-10-13(5-2,6-3)12(16)17/h4-10H2,1-3H3,(H,14,15)(H,16,17). The highest BCUT2D eigenvalue weighted by Gasteiger charge is 2.34. The van der Waals surface area contributed by atoms with Crippen LogP contribution in [0, 0.1) is 5.41 Å². The Morgan fingerprint density at radius 1 is 1.17 bits per heavy atom. The molecular weight excluding hydrogens is 234 g/mol. The van der Waals surface area contributed by atoms with Crippen LogP contribution in [0.1, 0.15) is 46.5 Å². The van der Waals surface area contributed by atoms with Gasteiger partial charge < -0.3 is 15.2 Å². The lowest BCUT2D eigenvalue weighted by Gasteiger charge is -2.26. The average Bonchev–Trinajstić information content (AvgIpc) is 2.36. The summed E-state index contributed by atoms with van der Waals surface area (Å²) in [4.78, 5) is 22.7. The molecule has 0 aromatic heterocycles. The van der Waals surface area contributed by atoms with Gasteiger partial charge in [-0.15, -0.1) is 0 Å². The van der Waals surface area contributed by atoms with Crippen LogP contribution in [0.3, 0.4) is 0 Å². The van der Waals surface area contributed by atoms with E-state index in [2.05, 4.69) is 5.32 Å². The largest absolute Gasteiger partial charge is 0.481 e. The Balaban J connectivity index is 4.04. The maximum atomic E-state index is 11.5. The van der Waals surface area contributed by atoms with E-state index in [0.29, 0.717) is 26.1 Å². The lowest BCUT2D eigenvalue weighted by atomic mass is 9.82. The van der Waals surface area contributed by atoms with Crippen LogP contribution < -0.4 is 5.32 Å². The van der Waals surface area contributed by atoms with E-state index in [4.69, 9.17) is 4.74 Å². The zero-order chi connectivity index (χ0) is 14.0. The van der Waals surface area contributed by atoms with E-state index in [1.54, 1.807) is 0 Å². The maximum Gasteiger partial charge on any atom is 0.311 e. The SMILES string of the molecule is CCCOCCC(=O)NCC(CC)(CC)C(=O)O. The first kappa shape index (κ1) is 16.9. The molecule has 0 aliphatic rings. The summed E-state index contributed by atoms with van der Waals surface area (Å²) in [5, 5.41) is 11.9. The van der Waals surface area contributed by atoms with Crippen LogP contribution >= 0.6 is 0 Å². The normalized spacial score (nSPS) is 11.3. The van der Waals surface area contributed by atoms with Crippen molar-refractivity contribution in [3.63, 3.8) is 0 Å². The van der Waals surface area contributed by atoms with Crippen LogP contribution in [0.2, 0.25) is 0 Å². The zero-order valence-electron chi connectivity index (χ0n) is 11.6. The lowest BCUT2D eigenvalue weighted by Crippen LogP contribution is -2.42. The van der Waals surface area contributed by atoms with Gasteiger partial charge in [-0.3, -0.25) is 9.59 Å². The fourth-order valence-electron chi connectivity index (χ4n) is 1.65.